The molecule has 0 fully saturated rings. The van der Waals surface area contributed by atoms with Gasteiger partial charge in [0.1, 0.15) is 5.82 Å². The molecule has 0 aliphatic carbocycles. The summed E-state index contributed by atoms with van der Waals surface area (Å²) in [6.45, 7) is 4.18. The Morgan fingerprint density at radius 2 is 1.52 bits per heavy atom. The number of carbonyl (C=O) groups excluding carboxylic acids is 1. The maximum atomic E-state index is 11.7. The van der Waals surface area contributed by atoms with Gasteiger partial charge in [0.05, 0.1) is 6.61 Å². The van der Waals surface area contributed by atoms with E-state index < -0.39 is 11.7 Å². The number of hydrogen-bond donors (Lipinski definition) is 1. The Morgan fingerprint density at radius 3 is 2.09 bits per heavy atom. The molecule has 0 saturated heterocycles. The van der Waals surface area contributed by atoms with Gasteiger partial charge in [0.25, 0.3) is 0 Å². The van der Waals surface area contributed by atoms with Gasteiger partial charge in [-0.2, -0.15) is 4.98 Å². The SMILES string of the molecule is CCCCCCCCCCCCOC(=O)c1nc(C)[nH]c(=O)n1. The maximum Gasteiger partial charge on any atom is 0.376 e. The number of unbranched alkanes of at least 4 members (excludes halogenated alkanes) is 9. The zero-order valence-electron chi connectivity index (χ0n) is 14.4. The second-order valence-electron chi connectivity index (χ2n) is 5.88. The first-order chi connectivity index (χ1) is 11.1. The summed E-state index contributed by atoms with van der Waals surface area (Å²) in [7, 11) is 0. The van der Waals surface area contributed by atoms with E-state index in [-0.39, 0.29) is 5.82 Å². The topological polar surface area (TPSA) is 84.9 Å². The number of H-pyrrole nitrogens is 1. The summed E-state index contributed by atoms with van der Waals surface area (Å²) in [4.78, 5) is 32.6. The van der Waals surface area contributed by atoms with Crippen LogP contribution in [-0.2, 0) is 4.74 Å². The number of nitrogens with zero attached hydrogens (tertiary/aromatic N) is 2. The quantitative estimate of drug-likeness (QED) is 0.469. The number of hydrogen-bond acceptors (Lipinski definition) is 5. The highest BCUT2D eigenvalue weighted by atomic mass is 16.5. The zero-order chi connectivity index (χ0) is 16.9. The fourth-order valence-corrected chi connectivity index (χ4v) is 2.40. The normalized spacial score (nSPS) is 10.7. The van der Waals surface area contributed by atoms with E-state index in [1.807, 2.05) is 0 Å². The highest BCUT2D eigenvalue weighted by Gasteiger charge is 2.12. The van der Waals surface area contributed by atoms with Crippen molar-refractivity contribution in [2.75, 3.05) is 6.61 Å². The van der Waals surface area contributed by atoms with Crippen LogP contribution in [0.15, 0.2) is 4.79 Å². The molecule has 1 heterocycles. The predicted molar refractivity (Wildman–Crippen MR) is 89.5 cm³/mol. The highest BCUT2D eigenvalue weighted by Crippen LogP contribution is 2.10. The zero-order valence-corrected chi connectivity index (χ0v) is 14.4. The fourth-order valence-electron chi connectivity index (χ4n) is 2.40. The summed E-state index contributed by atoms with van der Waals surface area (Å²) in [6.07, 6.45) is 12.3. The Balaban J connectivity index is 2.02. The van der Waals surface area contributed by atoms with Gasteiger partial charge in [-0.1, -0.05) is 64.7 Å². The molecule has 0 aromatic carbocycles. The Morgan fingerprint density at radius 1 is 0.957 bits per heavy atom. The van der Waals surface area contributed by atoms with Crippen molar-refractivity contribution in [2.24, 2.45) is 0 Å². The van der Waals surface area contributed by atoms with Gasteiger partial charge >= 0.3 is 11.7 Å². The van der Waals surface area contributed by atoms with Crippen molar-refractivity contribution >= 4 is 5.97 Å². The molecule has 0 spiro atoms. The second-order valence-corrected chi connectivity index (χ2v) is 5.88. The van der Waals surface area contributed by atoms with E-state index in [1.165, 1.54) is 51.4 Å². The molecule has 0 atom stereocenters. The van der Waals surface area contributed by atoms with Gasteiger partial charge in [-0.3, -0.25) is 4.98 Å². The fraction of sp³-hybridized carbons (Fsp3) is 0.765. The first-order valence-electron chi connectivity index (χ1n) is 8.75. The van der Waals surface area contributed by atoms with Crippen LogP contribution >= 0.6 is 0 Å². The molecule has 0 amide bonds. The van der Waals surface area contributed by atoms with Crippen molar-refractivity contribution in [1.82, 2.24) is 15.0 Å². The molecule has 0 bridgehead atoms. The van der Waals surface area contributed by atoms with Crippen LogP contribution in [0.2, 0.25) is 0 Å². The summed E-state index contributed by atoms with van der Waals surface area (Å²) in [5.41, 5.74) is -0.580. The summed E-state index contributed by atoms with van der Waals surface area (Å²) >= 11 is 0. The summed E-state index contributed by atoms with van der Waals surface area (Å²) in [5.74, 6) is -0.440. The van der Waals surface area contributed by atoms with Crippen LogP contribution in [0.5, 0.6) is 0 Å². The van der Waals surface area contributed by atoms with E-state index in [0.717, 1.165) is 12.8 Å². The van der Waals surface area contributed by atoms with E-state index in [4.69, 9.17) is 4.74 Å². The molecule has 130 valence electrons. The number of aromatic amines is 1. The number of ether oxygens (including phenoxy) is 1. The maximum absolute atomic E-state index is 11.7. The molecule has 1 aromatic heterocycles. The van der Waals surface area contributed by atoms with E-state index >= 15 is 0 Å². The summed E-state index contributed by atoms with van der Waals surface area (Å²) < 4.78 is 5.09. The van der Waals surface area contributed by atoms with Gasteiger partial charge in [0, 0.05) is 0 Å². The second kappa shape index (κ2) is 11.8. The van der Waals surface area contributed by atoms with Gasteiger partial charge in [0.15, 0.2) is 0 Å². The standard InChI is InChI=1S/C17H29N3O3/c1-3-4-5-6-7-8-9-10-11-12-13-23-16(21)15-18-14(2)19-17(22)20-15/h3-13H2,1-2H3,(H,18,19,20,22). The van der Waals surface area contributed by atoms with Crippen LogP contribution < -0.4 is 5.69 Å². The number of carbonyl (C=O) groups is 1. The molecule has 0 aliphatic heterocycles. The Hall–Kier alpha value is -1.72. The average molecular weight is 323 g/mol. The van der Waals surface area contributed by atoms with E-state index in [1.54, 1.807) is 6.92 Å². The third-order valence-corrected chi connectivity index (χ3v) is 3.68. The molecule has 1 rings (SSSR count). The molecule has 0 radical (unpaired) electrons. The van der Waals surface area contributed by atoms with Crippen LogP contribution in [-0.4, -0.2) is 27.5 Å². The van der Waals surface area contributed by atoms with Gasteiger partial charge in [0.2, 0.25) is 5.82 Å². The van der Waals surface area contributed by atoms with Gasteiger partial charge in [-0.25, -0.2) is 14.6 Å². The molecule has 6 heteroatoms. The number of rotatable bonds is 12. The lowest BCUT2D eigenvalue weighted by Gasteiger charge is -2.04. The third kappa shape index (κ3) is 9.11. The van der Waals surface area contributed by atoms with Gasteiger partial charge in [-0.05, 0) is 13.3 Å². The summed E-state index contributed by atoms with van der Waals surface area (Å²) in [6, 6.07) is 0. The lowest BCUT2D eigenvalue weighted by atomic mass is 10.1. The van der Waals surface area contributed by atoms with Crippen molar-refractivity contribution in [2.45, 2.75) is 78.1 Å². The number of nitrogens with one attached hydrogen (secondary N) is 1. The van der Waals surface area contributed by atoms with Gasteiger partial charge < -0.3 is 4.74 Å². The van der Waals surface area contributed by atoms with Crippen LogP contribution in [0, 0.1) is 6.92 Å². The predicted octanol–water partition coefficient (Wildman–Crippen LogP) is 3.55. The average Bonchev–Trinajstić information content (AvgIpc) is 2.51. The minimum atomic E-state index is -0.630. The molecule has 23 heavy (non-hydrogen) atoms. The Bertz CT molecular complexity index is 514. The van der Waals surface area contributed by atoms with Crippen LogP contribution in [0.25, 0.3) is 0 Å². The smallest absolute Gasteiger partial charge is 0.376 e. The molecular formula is C17H29N3O3. The Kier molecular flexibility index (Phi) is 9.91. The summed E-state index contributed by atoms with van der Waals surface area (Å²) in [5, 5.41) is 0. The molecule has 0 aliphatic rings. The van der Waals surface area contributed by atoms with Crippen LogP contribution in [0.3, 0.4) is 0 Å². The molecular weight excluding hydrogens is 294 g/mol. The molecule has 1 N–H and O–H groups in total. The van der Waals surface area contributed by atoms with Crippen molar-refractivity contribution in [3.05, 3.63) is 22.1 Å². The molecule has 1 aromatic rings. The third-order valence-electron chi connectivity index (χ3n) is 3.68. The number of aryl methyl sites for hydroxylation is 1. The minimum absolute atomic E-state index is 0.168. The highest BCUT2D eigenvalue weighted by molar-refractivity contribution is 5.84. The van der Waals surface area contributed by atoms with Gasteiger partial charge in [-0.15, -0.1) is 0 Å². The molecule has 0 unspecified atom stereocenters. The van der Waals surface area contributed by atoms with Crippen LogP contribution in [0.1, 0.15) is 87.6 Å². The minimum Gasteiger partial charge on any atom is -0.460 e. The monoisotopic (exact) mass is 323 g/mol. The lowest BCUT2D eigenvalue weighted by molar-refractivity contribution is 0.0482. The van der Waals surface area contributed by atoms with E-state index in [0.29, 0.717) is 12.4 Å². The van der Waals surface area contributed by atoms with Crippen molar-refractivity contribution < 1.29 is 9.53 Å². The number of esters is 1. The van der Waals surface area contributed by atoms with E-state index in [9.17, 15) is 9.59 Å². The molecule has 0 saturated carbocycles. The molecule has 6 nitrogen and oxygen atoms in total. The van der Waals surface area contributed by atoms with Crippen molar-refractivity contribution in [3.8, 4) is 0 Å². The van der Waals surface area contributed by atoms with Crippen LogP contribution in [0.4, 0.5) is 0 Å². The first kappa shape index (κ1) is 19.3. The first-order valence-corrected chi connectivity index (χ1v) is 8.75. The largest absolute Gasteiger partial charge is 0.460 e. The van der Waals surface area contributed by atoms with E-state index in [2.05, 4.69) is 21.9 Å². The lowest BCUT2D eigenvalue weighted by Crippen LogP contribution is -2.21. The Labute approximate surface area is 138 Å². The number of aromatic nitrogens is 3. The van der Waals surface area contributed by atoms with Crippen molar-refractivity contribution in [1.29, 1.82) is 0 Å². The van der Waals surface area contributed by atoms with Crippen molar-refractivity contribution in [3.63, 3.8) is 0 Å².